The van der Waals surface area contributed by atoms with E-state index in [1.165, 1.54) is 16.8 Å². The van der Waals surface area contributed by atoms with Crippen LogP contribution in [0.25, 0.3) is 0 Å². The van der Waals surface area contributed by atoms with E-state index in [2.05, 4.69) is 36.9 Å². The largest absolute Gasteiger partial charge is 0.377 e. The molecule has 1 unspecified atom stereocenters. The fourth-order valence-corrected chi connectivity index (χ4v) is 2.20. The van der Waals surface area contributed by atoms with E-state index in [1.807, 2.05) is 0 Å². The molecule has 2 rings (SSSR count). The molecule has 1 aromatic carbocycles. The quantitative estimate of drug-likeness (QED) is 0.824. The number of anilines is 1. The summed E-state index contributed by atoms with van der Waals surface area (Å²) in [6.45, 7) is 7.55. The molecule has 0 amide bonds. The molecule has 0 aliphatic carbocycles. The summed E-state index contributed by atoms with van der Waals surface area (Å²) in [6.07, 6.45) is 0. The second-order valence-corrected chi connectivity index (χ2v) is 4.43. The normalized spacial score (nSPS) is 21.2. The molecule has 0 saturated carbocycles. The van der Waals surface area contributed by atoms with Gasteiger partial charge in [-0.15, -0.1) is 0 Å². The molecule has 1 aliphatic rings. The molecule has 1 saturated heterocycles. The molecule has 1 atom stereocenters. The lowest BCUT2D eigenvalue weighted by Crippen LogP contribution is -2.43. The fourth-order valence-electron chi connectivity index (χ4n) is 2.20. The van der Waals surface area contributed by atoms with E-state index in [-0.39, 0.29) is 0 Å². The molecule has 88 valence electrons. The lowest BCUT2D eigenvalue weighted by atomic mass is 10.1. The maximum absolute atomic E-state index is 5.67. The number of nitrogens with zero attached hydrogens (tertiary/aromatic N) is 1. The Morgan fingerprint density at radius 2 is 2.31 bits per heavy atom. The number of rotatable bonds is 2. The zero-order valence-electron chi connectivity index (χ0n) is 10.1. The van der Waals surface area contributed by atoms with Crippen LogP contribution in [0, 0.1) is 6.92 Å². The van der Waals surface area contributed by atoms with E-state index in [0.717, 1.165) is 19.8 Å². The summed E-state index contributed by atoms with van der Waals surface area (Å²) in [5.41, 5.74) is 9.46. The van der Waals surface area contributed by atoms with Gasteiger partial charge >= 0.3 is 0 Å². The Morgan fingerprint density at radius 3 is 2.94 bits per heavy atom. The number of morpholine rings is 1. The number of aryl methyl sites for hydroxylation is 1. The first-order valence-corrected chi connectivity index (χ1v) is 5.86. The van der Waals surface area contributed by atoms with Crippen LogP contribution >= 0.6 is 0 Å². The predicted molar refractivity (Wildman–Crippen MR) is 66.7 cm³/mol. The maximum Gasteiger partial charge on any atom is 0.0668 e. The fraction of sp³-hybridized carbons (Fsp3) is 0.538. The summed E-state index contributed by atoms with van der Waals surface area (Å²) >= 11 is 0. The number of nitrogens with two attached hydrogens (primary N) is 1. The molecule has 3 nitrogen and oxygen atoms in total. The van der Waals surface area contributed by atoms with Gasteiger partial charge in [-0.25, -0.2) is 0 Å². The van der Waals surface area contributed by atoms with Crippen molar-refractivity contribution >= 4 is 5.69 Å². The Balaban J connectivity index is 2.22. The van der Waals surface area contributed by atoms with Crippen LogP contribution in [0.2, 0.25) is 0 Å². The van der Waals surface area contributed by atoms with Crippen molar-refractivity contribution < 1.29 is 4.74 Å². The Hall–Kier alpha value is -1.06. The third-order valence-corrected chi connectivity index (χ3v) is 3.25. The lowest BCUT2D eigenvalue weighted by molar-refractivity contribution is 0.0989. The minimum Gasteiger partial charge on any atom is -0.377 e. The van der Waals surface area contributed by atoms with E-state index in [0.29, 0.717) is 12.6 Å². The second kappa shape index (κ2) is 4.85. The van der Waals surface area contributed by atoms with E-state index in [4.69, 9.17) is 10.5 Å². The standard InChI is InChI=1S/C13H20N2O/c1-10-7-13(4-3-12(10)8-14)15-5-6-16-9-11(15)2/h3-4,7,11H,5-6,8-9,14H2,1-2H3. The van der Waals surface area contributed by atoms with E-state index >= 15 is 0 Å². The Bertz CT molecular complexity index is 365. The Morgan fingerprint density at radius 1 is 1.50 bits per heavy atom. The van der Waals surface area contributed by atoms with Crippen LogP contribution in [0.4, 0.5) is 5.69 Å². The molecule has 3 heteroatoms. The summed E-state index contributed by atoms with van der Waals surface area (Å²) < 4.78 is 5.45. The van der Waals surface area contributed by atoms with Crippen molar-refractivity contribution in [1.82, 2.24) is 0 Å². The van der Waals surface area contributed by atoms with Gasteiger partial charge in [-0.1, -0.05) is 6.07 Å². The SMILES string of the molecule is Cc1cc(N2CCOCC2C)ccc1CN. The van der Waals surface area contributed by atoms with Gasteiger partial charge in [0.1, 0.15) is 0 Å². The average Bonchev–Trinajstić information content (AvgIpc) is 2.29. The van der Waals surface area contributed by atoms with Crippen LogP contribution in [0.15, 0.2) is 18.2 Å². The number of benzene rings is 1. The van der Waals surface area contributed by atoms with Gasteiger partial charge < -0.3 is 15.4 Å². The Labute approximate surface area is 97.2 Å². The minimum absolute atomic E-state index is 0.455. The molecule has 1 fully saturated rings. The molecular formula is C13H20N2O. The van der Waals surface area contributed by atoms with Crippen molar-refractivity contribution in [2.24, 2.45) is 5.73 Å². The van der Waals surface area contributed by atoms with Crippen molar-refractivity contribution in [2.45, 2.75) is 26.4 Å². The first-order valence-electron chi connectivity index (χ1n) is 5.86. The van der Waals surface area contributed by atoms with Gasteiger partial charge in [0.25, 0.3) is 0 Å². The van der Waals surface area contributed by atoms with Gasteiger partial charge in [-0.2, -0.15) is 0 Å². The maximum atomic E-state index is 5.67. The van der Waals surface area contributed by atoms with Gasteiger partial charge in [0.05, 0.1) is 13.2 Å². The monoisotopic (exact) mass is 220 g/mol. The molecule has 0 bridgehead atoms. The van der Waals surface area contributed by atoms with Crippen molar-refractivity contribution in [3.8, 4) is 0 Å². The summed E-state index contributed by atoms with van der Waals surface area (Å²) in [4.78, 5) is 2.40. The highest BCUT2D eigenvalue weighted by Gasteiger charge is 2.19. The molecule has 2 N–H and O–H groups in total. The molecule has 16 heavy (non-hydrogen) atoms. The van der Waals surface area contributed by atoms with E-state index in [9.17, 15) is 0 Å². The summed E-state index contributed by atoms with van der Waals surface area (Å²) in [7, 11) is 0. The minimum atomic E-state index is 0.455. The summed E-state index contributed by atoms with van der Waals surface area (Å²) in [6, 6.07) is 6.98. The molecular weight excluding hydrogens is 200 g/mol. The predicted octanol–water partition coefficient (Wildman–Crippen LogP) is 1.68. The smallest absolute Gasteiger partial charge is 0.0668 e. The number of hydrogen-bond acceptors (Lipinski definition) is 3. The molecule has 1 heterocycles. The summed E-state index contributed by atoms with van der Waals surface area (Å²) in [5.74, 6) is 0. The molecule has 0 aromatic heterocycles. The second-order valence-electron chi connectivity index (χ2n) is 4.43. The van der Waals surface area contributed by atoms with Crippen LogP contribution < -0.4 is 10.6 Å². The van der Waals surface area contributed by atoms with Crippen molar-refractivity contribution in [2.75, 3.05) is 24.7 Å². The van der Waals surface area contributed by atoms with Crippen LogP contribution in [0.1, 0.15) is 18.1 Å². The van der Waals surface area contributed by atoms with Crippen LogP contribution in [0.5, 0.6) is 0 Å². The highest BCUT2D eigenvalue weighted by atomic mass is 16.5. The topological polar surface area (TPSA) is 38.5 Å². The number of ether oxygens (including phenoxy) is 1. The van der Waals surface area contributed by atoms with Crippen LogP contribution in [-0.4, -0.2) is 25.8 Å². The zero-order valence-corrected chi connectivity index (χ0v) is 10.1. The highest BCUT2D eigenvalue weighted by molar-refractivity contribution is 5.51. The van der Waals surface area contributed by atoms with Crippen molar-refractivity contribution in [3.63, 3.8) is 0 Å². The highest BCUT2D eigenvalue weighted by Crippen LogP contribution is 2.22. The molecule has 1 aromatic rings. The van der Waals surface area contributed by atoms with Gasteiger partial charge in [0, 0.05) is 24.8 Å². The van der Waals surface area contributed by atoms with Gasteiger partial charge in [-0.3, -0.25) is 0 Å². The van der Waals surface area contributed by atoms with Crippen molar-refractivity contribution in [1.29, 1.82) is 0 Å². The Kier molecular flexibility index (Phi) is 3.46. The van der Waals surface area contributed by atoms with Gasteiger partial charge in [0.15, 0.2) is 0 Å². The third-order valence-electron chi connectivity index (χ3n) is 3.25. The van der Waals surface area contributed by atoms with Gasteiger partial charge in [0.2, 0.25) is 0 Å². The molecule has 0 spiro atoms. The zero-order chi connectivity index (χ0) is 11.5. The van der Waals surface area contributed by atoms with Crippen molar-refractivity contribution in [3.05, 3.63) is 29.3 Å². The van der Waals surface area contributed by atoms with E-state index < -0.39 is 0 Å². The van der Waals surface area contributed by atoms with Crippen LogP contribution in [-0.2, 0) is 11.3 Å². The van der Waals surface area contributed by atoms with Gasteiger partial charge in [-0.05, 0) is 37.1 Å². The van der Waals surface area contributed by atoms with E-state index in [1.54, 1.807) is 0 Å². The molecule has 0 radical (unpaired) electrons. The molecule has 1 aliphatic heterocycles. The third kappa shape index (κ3) is 2.20. The average molecular weight is 220 g/mol. The summed E-state index contributed by atoms with van der Waals surface area (Å²) in [5, 5.41) is 0. The number of hydrogen-bond donors (Lipinski definition) is 1. The first kappa shape index (κ1) is 11.4. The van der Waals surface area contributed by atoms with Crippen LogP contribution in [0.3, 0.4) is 0 Å². The first-order chi connectivity index (χ1) is 7.72. The lowest BCUT2D eigenvalue weighted by Gasteiger charge is -2.35.